The van der Waals surface area contributed by atoms with Crippen molar-refractivity contribution in [1.29, 1.82) is 0 Å². The average molecular weight is 428 g/mol. The average Bonchev–Trinajstić information content (AvgIpc) is 3.05. The van der Waals surface area contributed by atoms with E-state index >= 15 is 0 Å². The third-order valence-electron chi connectivity index (χ3n) is 11.9. The first-order valence-electron chi connectivity index (χ1n) is 12.8. The Hall–Kier alpha value is -0.410. The van der Waals surface area contributed by atoms with Crippen molar-refractivity contribution in [2.45, 2.75) is 91.1 Å². The summed E-state index contributed by atoms with van der Waals surface area (Å²) in [6.45, 7) is 7.97. The summed E-state index contributed by atoms with van der Waals surface area (Å²) in [6.07, 6.45) is 16.9. The highest BCUT2D eigenvalue weighted by atomic mass is 32.1. The molecular weight excluding hydrogens is 386 g/mol. The smallest absolute Gasteiger partial charge is 0.0794 e. The van der Waals surface area contributed by atoms with Crippen molar-refractivity contribution < 1.29 is 4.74 Å². The molecule has 0 amide bonds. The Kier molecular flexibility index (Phi) is 4.58. The third kappa shape index (κ3) is 2.49. The van der Waals surface area contributed by atoms with Gasteiger partial charge in [-0.15, -0.1) is 11.3 Å². The number of aryl methyl sites for hydroxylation is 1. The van der Waals surface area contributed by atoms with Crippen LogP contribution in [0.15, 0.2) is 11.7 Å². The standard InChI is InChI=1S/C27H41NOS/c1-17(5-6-19-15-28-16-30-19)21-7-8-22-20-13-24(29-4)27-14-18(27)9-12-26(27,3)23(20)10-11-25(21,22)2/h15-18,20-24H,5-14H2,1-4H3/t17-,18-,20+,21-,22+,23+,24?,25-,26-,27?/m1/s1. The fourth-order valence-electron chi connectivity index (χ4n) is 10.5. The minimum absolute atomic E-state index is 0.543. The van der Waals surface area contributed by atoms with Gasteiger partial charge in [-0.05, 0) is 111 Å². The van der Waals surface area contributed by atoms with Crippen LogP contribution in [-0.4, -0.2) is 18.2 Å². The molecule has 1 aromatic heterocycles. The number of fused-ring (bicyclic) bond motifs is 4. The number of aromatic nitrogens is 1. The van der Waals surface area contributed by atoms with Crippen LogP contribution in [0.5, 0.6) is 0 Å². The Morgan fingerprint density at radius 3 is 2.77 bits per heavy atom. The molecule has 2 unspecified atom stereocenters. The number of thiazole rings is 1. The summed E-state index contributed by atoms with van der Waals surface area (Å²) in [7, 11) is 2.02. The zero-order valence-corrected chi connectivity index (χ0v) is 20.3. The quantitative estimate of drug-likeness (QED) is 0.505. The lowest BCUT2D eigenvalue weighted by Gasteiger charge is -2.61. The van der Waals surface area contributed by atoms with E-state index in [1.165, 1.54) is 69.1 Å². The summed E-state index contributed by atoms with van der Waals surface area (Å²) >= 11 is 1.83. The van der Waals surface area contributed by atoms with Gasteiger partial charge in [0.05, 0.1) is 11.6 Å². The highest BCUT2D eigenvalue weighted by Crippen LogP contribution is 2.82. The van der Waals surface area contributed by atoms with Gasteiger partial charge in [-0.3, -0.25) is 4.98 Å². The van der Waals surface area contributed by atoms with Crippen LogP contribution < -0.4 is 0 Å². The van der Waals surface area contributed by atoms with Crippen LogP contribution in [0, 0.1) is 51.8 Å². The van der Waals surface area contributed by atoms with Crippen molar-refractivity contribution in [2.75, 3.05) is 7.11 Å². The largest absolute Gasteiger partial charge is 0.381 e. The van der Waals surface area contributed by atoms with E-state index in [0.717, 1.165) is 35.5 Å². The predicted molar refractivity (Wildman–Crippen MR) is 123 cm³/mol. The Labute approximate surface area is 187 Å². The van der Waals surface area contributed by atoms with Gasteiger partial charge < -0.3 is 4.74 Å². The van der Waals surface area contributed by atoms with E-state index in [1.807, 2.05) is 24.0 Å². The summed E-state index contributed by atoms with van der Waals surface area (Å²) in [4.78, 5) is 5.76. The zero-order chi connectivity index (χ0) is 20.7. The van der Waals surface area contributed by atoms with Crippen molar-refractivity contribution in [3.63, 3.8) is 0 Å². The van der Waals surface area contributed by atoms with Crippen LogP contribution >= 0.6 is 11.3 Å². The molecule has 2 nitrogen and oxygen atoms in total. The highest BCUT2D eigenvalue weighted by Gasteiger charge is 2.77. The minimum Gasteiger partial charge on any atom is -0.381 e. The summed E-state index contributed by atoms with van der Waals surface area (Å²) in [5, 5.41) is 0. The molecule has 3 heteroatoms. The molecule has 0 bridgehead atoms. The van der Waals surface area contributed by atoms with Crippen molar-refractivity contribution in [3.05, 3.63) is 16.6 Å². The number of nitrogens with zero attached hydrogens (tertiary/aromatic N) is 1. The number of hydrogen-bond acceptors (Lipinski definition) is 3. The molecule has 0 saturated heterocycles. The summed E-state index contributed by atoms with van der Waals surface area (Å²) in [6, 6.07) is 0. The normalized spacial score (nSPS) is 52.3. The topological polar surface area (TPSA) is 22.1 Å². The molecule has 5 saturated carbocycles. The molecule has 1 aromatic rings. The molecule has 0 radical (unpaired) electrons. The fraction of sp³-hybridized carbons (Fsp3) is 0.889. The van der Waals surface area contributed by atoms with E-state index < -0.39 is 0 Å². The van der Waals surface area contributed by atoms with Crippen molar-refractivity contribution in [1.82, 2.24) is 4.98 Å². The monoisotopic (exact) mass is 427 g/mol. The highest BCUT2D eigenvalue weighted by molar-refractivity contribution is 7.09. The van der Waals surface area contributed by atoms with E-state index in [2.05, 4.69) is 32.0 Å². The summed E-state index contributed by atoms with van der Waals surface area (Å²) in [5.41, 5.74) is 3.69. The van der Waals surface area contributed by atoms with Crippen molar-refractivity contribution in [3.8, 4) is 0 Å². The second-order valence-electron chi connectivity index (χ2n) is 12.4. The van der Waals surface area contributed by atoms with Gasteiger partial charge in [0, 0.05) is 23.6 Å². The van der Waals surface area contributed by atoms with Crippen LogP contribution in [0.25, 0.3) is 0 Å². The molecule has 5 aliphatic rings. The van der Waals surface area contributed by atoms with E-state index in [-0.39, 0.29) is 0 Å². The number of rotatable bonds is 5. The number of ether oxygens (including phenoxy) is 1. The van der Waals surface area contributed by atoms with Gasteiger partial charge in [-0.1, -0.05) is 20.8 Å². The van der Waals surface area contributed by atoms with Gasteiger partial charge in [0.2, 0.25) is 0 Å². The molecule has 10 atom stereocenters. The molecular formula is C27H41NOS. The molecule has 0 N–H and O–H groups in total. The molecule has 6 rings (SSSR count). The fourth-order valence-corrected chi connectivity index (χ4v) is 11.1. The van der Waals surface area contributed by atoms with E-state index in [0.29, 0.717) is 22.3 Å². The lowest BCUT2D eigenvalue weighted by Crippen LogP contribution is -2.57. The second-order valence-corrected chi connectivity index (χ2v) is 13.4. The maximum absolute atomic E-state index is 6.29. The van der Waals surface area contributed by atoms with Crippen molar-refractivity contribution in [2.24, 2.45) is 51.8 Å². The molecule has 0 aliphatic heterocycles. The van der Waals surface area contributed by atoms with Gasteiger partial charge in [-0.25, -0.2) is 0 Å². The lowest BCUT2D eigenvalue weighted by atomic mass is 9.45. The Morgan fingerprint density at radius 1 is 1.17 bits per heavy atom. The van der Waals surface area contributed by atoms with Crippen LogP contribution in [0.2, 0.25) is 0 Å². The molecule has 1 spiro atoms. The lowest BCUT2D eigenvalue weighted by molar-refractivity contribution is -0.161. The molecule has 166 valence electrons. The molecule has 5 fully saturated rings. The first-order chi connectivity index (χ1) is 14.4. The van der Waals surface area contributed by atoms with Gasteiger partial charge >= 0.3 is 0 Å². The van der Waals surface area contributed by atoms with Gasteiger partial charge in [-0.2, -0.15) is 0 Å². The van der Waals surface area contributed by atoms with Gasteiger partial charge in [0.1, 0.15) is 0 Å². The molecule has 1 heterocycles. The van der Waals surface area contributed by atoms with Gasteiger partial charge in [0.25, 0.3) is 0 Å². The molecule has 5 aliphatic carbocycles. The number of methoxy groups -OCH3 is 1. The Balaban J connectivity index is 1.23. The maximum Gasteiger partial charge on any atom is 0.0794 e. The predicted octanol–water partition coefficient (Wildman–Crippen LogP) is 7.00. The minimum atomic E-state index is 0.543. The maximum atomic E-state index is 6.29. The summed E-state index contributed by atoms with van der Waals surface area (Å²) < 4.78 is 6.29. The SMILES string of the molecule is COC1C[C@H]2[C@@H]3CC[C@H]([C@H](C)CCc4cncs4)[C@@]3(C)CC[C@@H]2[C@@]2(C)CC[C@@H]3CC132. The molecule has 30 heavy (non-hydrogen) atoms. The van der Waals surface area contributed by atoms with Crippen LogP contribution in [0.3, 0.4) is 0 Å². The Morgan fingerprint density at radius 2 is 2.03 bits per heavy atom. The first kappa shape index (κ1) is 20.2. The van der Waals surface area contributed by atoms with Crippen LogP contribution in [-0.2, 0) is 11.2 Å². The van der Waals surface area contributed by atoms with E-state index in [1.54, 1.807) is 0 Å². The van der Waals surface area contributed by atoms with Gasteiger partial charge in [0.15, 0.2) is 0 Å². The van der Waals surface area contributed by atoms with Crippen LogP contribution in [0.4, 0.5) is 0 Å². The van der Waals surface area contributed by atoms with Crippen molar-refractivity contribution >= 4 is 11.3 Å². The first-order valence-corrected chi connectivity index (χ1v) is 13.7. The van der Waals surface area contributed by atoms with E-state index in [4.69, 9.17) is 4.74 Å². The zero-order valence-electron chi connectivity index (χ0n) is 19.5. The second kappa shape index (κ2) is 6.80. The Bertz CT molecular complexity index is 793. The summed E-state index contributed by atoms with van der Waals surface area (Å²) in [5.74, 6) is 5.57. The third-order valence-corrected chi connectivity index (χ3v) is 12.8. The van der Waals surface area contributed by atoms with Crippen LogP contribution in [0.1, 0.15) is 83.4 Å². The molecule has 0 aromatic carbocycles. The number of hydrogen-bond donors (Lipinski definition) is 0. The van der Waals surface area contributed by atoms with E-state index in [9.17, 15) is 0 Å².